The van der Waals surface area contributed by atoms with Crippen molar-refractivity contribution in [2.45, 2.75) is 26.3 Å². The van der Waals surface area contributed by atoms with Crippen LogP contribution in [0.3, 0.4) is 0 Å². The number of carbonyl (C=O) groups excluding carboxylic acids is 1. The van der Waals surface area contributed by atoms with E-state index in [1.807, 2.05) is 19.1 Å². The lowest BCUT2D eigenvalue weighted by Crippen LogP contribution is -2.32. The van der Waals surface area contributed by atoms with Crippen LogP contribution in [0.25, 0.3) is 0 Å². The van der Waals surface area contributed by atoms with E-state index in [1.54, 1.807) is 6.07 Å². The van der Waals surface area contributed by atoms with Crippen molar-refractivity contribution >= 4 is 5.91 Å². The number of benzene rings is 1. The van der Waals surface area contributed by atoms with Gasteiger partial charge in [0, 0.05) is 25.6 Å². The molecule has 0 radical (unpaired) electrons. The second-order valence-electron chi connectivity index (χ2n) is 4.98. The van der Waals surface area contributed by atoms with Crippen LogP contribution in [0, 0.1) is 5.92 Å². The van der Waals surface area contributed by atoms with E-state index in [4.69, 9.17) is 4.74 Å². The molecule has 5 nitrogen and oxygen atoms in total. The highest BCUT2D eigenvalue weighted by Gasteiger charge is 2.28. The number of aromatic hydroxyl groups is 1. The molecular weight excluding hydrogens is 256 g/mol. The molecule has 0 atom stereocenters. The molecule has 2 rings (SSSR count). The molecule has 1 fully saturated rings. The van der Waals surface area contributed by atoms with Gasteiger partial charge in [-0.25, -0.2) is 0 Å². The van der Waals surface area contributed by atoms with Crippen LogP contribution in [0.15, 0.2) is 18.2 Å². The van der Waals surface area contributed by atoms with Gasteiger partial charge >= 0.3 is 0 Å². The highest BCUT2D eigenvalue weighted by Crippen LogP contribution is 2.28. The Bertz CT molecular complexity index is 458. The van der Waals surface area contributed by atoms with Crippen molar-refractivity contribution < 1.29 is 14.6 Å². The van der Waals surface area contributed by atoms with Gasteiger partial charge in [0.05, 0.1) is 6.61 Å². The third-order valence-corrected chi connectivity index (χ3v) is 3.20. The summed E-state index contributed by atoms with van der Waals surface area (Å²) in [6, 6.07) is 5.32. The molecular formula is C15H22N2O3. The summed E-state index contributed by atoms with van der Waals surface area (Å²) in [5.41, 5.74) is 1.04. The average Bonchev–Trinajstić information content (AvgIpc) is 3.26. The number of hydrogen-bond acceptors (Lipinski definition) is 4. The van der Waals surface area contributed by atoms with Crippen LogP contribution in [0.1, 0.15) is 25.3 Å². The van der Waals surface area contributed by atoms with Gasteiger partial charge in [0.15, 0.2) is 11.5 Å². The summed E-state index contributed by atoms with van der Waals surface area (Å²) in [5.74, 6) is 1.11. The molecule has 0 aromatic heterocycles. The molecule has 110 valence electrons. The van der Waals surface area contributed by atoms with E-state index in [9.17, 15) is 9.90 Å². The molecule has 1 aliphatic rings. The number of hydrogen-bond donors (Lipinski definition) is 3. The van der Waals surface area contributed by atoms with E-state index in [0.29, 0.717) is 25.4 Å². The van der Waals surface area contributed by atoms with Gasteiger partial charge in [-0.1, -0.05) is 6.07 Å². The fraction of sp³-hybridized carbons (Fsp3) is 0.533. The Labute approximate surface area is 119 Å². The number of phenolic OH excluding ortho intramolecular Hbond substituents is 1. The van der Waals surface area contributed by atoms with Crippen LogP contribution in [0.5, 0.6) is 11.5 Å². The first-order chi connectivity index (χ1) is 9.70. The zero-order valence-corrected chi connectivity index (χ0v) is 11.8. The first kappa shape index (κ1) is 14.7. The molecule has 5 heteroatoms. The predicted octanol–water partition coefficient (Wildman–Crippen LogP) is 1.41. The van der Waals surface area contributed by atoms with E-state index in [1.165, 1.54) is 0 Å². The van der Waals surface area contributed by atoms with E-state index in [2.05, 4.69) is 10.6 Å². The van der Waals surface area contributed by atoms with E-state index >= 15 is 0 Å². The second kappa shape index (κ2) is 7.14. The van der Waals surface area contributed by atoms with Crippen LogP contribution < -0.4 is 15.4 Å². The van der Waals surface area contributed by atoms with Crippen LogP contribution in [-0.2, 0) is 11.3 Å². The Morgan fingerprint density at radius 3 is 2.90 bits per heavy atom. The van der Waals surface area contributed by atoms with Gasteiger partial charge in [-0.3, -0.25) is 4.79 Å². The van der Waals surface area contributed by atoms with Gasteiger partial charge < -0.3 is 20.5 Å². The summed E-state index contributed by atoms with van der Waals surface area (Å²) < 4.78 is 5.33. The lowest BCUT2D eigenvalue weighted by Gasteiger charge is -2.09. The van der Waals surface area contributed by atoms with Gasteiger partial charge in [-0.05, 0) is 37.5 Å². The summed E-state index contributed by atoms with van der Waals surface area (Å²) in [6.07, 6.45) is 2.07. The maximum atomic E-state index is 11.4. The average molecular weight is 278 g/mol. The summed E-state index contributed by atoms with van der Waals surface area (Å²) in [4.78, 5) is 11.4. The van der Waals surface area contributed by atoms with Crippen molar-refractivity contribution in [3.8, 4) is 11.5 Å². The minimum Gasteiger partial charge on any atom is -0.504 e. The number of phenols is 1. The summed E-state index contributed by atoms with van der Waals surface area (Å²) in [5, 5.41) is 15.8. The molecule has 3 N–H and O–H groups in total. The van der Waals surface area contributed by atoms with E-state index in [-0.39, 0.29) is 17.6 Å². The van der Waals surface area contributed by atoms with Gasteiger partial charge in [0.2, 0.25) is 5.91 Å². The maximum absolute atomic E-state index is 11.4. The largest absolute Gasteiger partial charge is 0.504 e. The third kappa shape index (κ3) is 4.42. The monoisotopic (exact) mass is 278 g/mol. The highest BCUT2D eigenvalue weighted by atomic mass is 16.5. The zero-order chi connectivity index (χ0) is 14.4. The number of carbonyl (C=O) groups is 1. The molecule has 1 aliphatic carbocycles. The predicted molar refractivity (Wildman–Crippen MR) is 76.7 cm³/mol. The number of nitrogens with one attached hydrogen (secondary N) is 2. The maximum Gasteiger partial charge on any atom is 0.223 e. The lowest BCUT2D eigenvalue weighted by molar-refractivity contribution is -0.122. The molecule has 20 heavy (non-hydrogen) atoms. The molecule has 0 aliphatic heterocycles. The Kier molecular flexibility index (Phi) is 5.24. The quantitative estimate of drug-likeness (QED) is 0.629. The van der Waals surface area contributed by atoms with Crippen LogP contribution in [-0.4, -0.2) is 30.7 Å². The standard InChI is InChI=1S/C15H22N2O3/c1-2-20-14-9-11(3-6-13(14)18)10-16-7-8-17-15(19)12-4-5-12/h3,6,9,12,16,18H,2,4-5,7-8,10H2,1H3,(H,17,19). The molecule has 0 unspecified atom stereocenters. The third-order valence-electron chi connectivity index (χ3n) is 3.20. The second-order valence-corrected chi connectivity index (χ2v) is 4.98. The van der Waals surface area contributed by atoms with Crippen molar-refractivity contribution in [2.75, 3.05) is 19.7 Å². The molecule has 0 saturated heterocycles. The SMILES string of the molecule is CCOc1cc(CNCCNC(=O)C2CC2)ccc1O. The molecule has 1 amide bonds. The van der Waals surface area contributed by atoms with Crippen LogP contribution in [0.2, 0.25) is 0 Å². The summed E-state index contributed by atoms with van der Waals surface area (Å²) in [7, 11) is 0. The topological polar surface area (TPSA) is 70.6 Å². The highest BCUT2D eigenvalue weighted by molar-refractivity contribution is 5.80. The summed E-state index contributed by atoms with van der Waals surface area (Å²) in [6.45, 7) is 4.46. The fourth-order valence-corrected chi connectivity index (χ4v) is 1.94. The number of ether oxygens (including phenoxy) is 1. The Morgan fingerprint density at radius 1 is 1.40 bits per heavy atom. The molecule has 0 heterocycles. The van der Waals surface area contributed by atoms with Crippen molar-refractivity contribution in [1.29, 1.82) is 0 Å². The van der Waals surface area contributed by atoms with Crippen molar-refractivity contribution in [3.63, 3.8) is 0 Å². The fourth-order valence-electron chi connectivity index (χ4n) is 1.94. The van der Waals surface area contributed by atoms with Crippen LogP contribution in [0.4, 0.5) is 0 Å². The van der Waals surface area contributed by atoms with Crippen molar-refractivity contribution in [1.82, 2.24) is 10.6 Å². The Hall–Kier alpha value is -1.75. The zero-order valence-electron chi connectivity index (χ0n) is 11.8. The number of amides is 1. The smallest absolute Gasteiger partial charge is 0.223 e. The normalized spacial score (nSPS) is 14.1. The Morgan fingerprint density at radius 2 is 2.20 bits per heavy atom. The molecule has 0 bridgehead atoms. The minimum atomic E-state index is 0.160. The summed E-state index contributed by atoms with van der Waals surface area (Å²) >= 11 is 0. The molecule has 1 aromatic carbocycles. The van der Waals surface area contributed by atoms with Crippen molar-refractivity contribution in [2.24, 2.45) is 5.92 Å². The first-order valence-corrected chi connectivity index (χ1v) is 7.14. The van der Waals surface area contributed by atoms with E-state index in [0.717, 1.165) is 24.9 Å². The van der Waals surface area contributed by atoms with Crippen molar-refractivity contribution in [3.05, 3.63) is 23.8 Å². The van der Waals surface area contributed by atoms with E-state index < -0.39 is 0 Å². The van der Waals surface area contributed by atoms with Gasteiger partial charge in [-0.15, -0.1) is 0 Å². The van der Waals surface area contributed by atoms with Gasteiger partial charge in [0.25, 0.3) is 0 Å². The Balaban J connectivity index is 1.67. The number of rotatable bonds is 8. The molecule has 0 spiro atoms. The van der Waals surface area contributed by atoms with Gasteiger partial charge in [0.1, 0.15) is 0 Å². The minimum absolute atomic E-state index is 0.160. The lowest BCUT2D eigenvalue weighted by atomic mass is 10.2. The van der Waals surface area contributed by atoms with Gasteiger partial charge in [-0.2, -0.15) is 0 Å². The first-order valence-electron chi connectivity index (χ1n) is 7.14. The molecule has 1 aromatic rings. The van der Waals surface area contributed by atoms with Crippen LogP contribution >= 0.6 is 0 Å². The molecule has 1 saturated carbocycles.